The molecule has 0 spiro atoms. The van der Waals surface area contributed by atoms with Gasteiger partial charge in [-0.1, -0.05) is 24.6 Å². The average Bonchev–Trinajstić information content (AvgIpc) is 3.60. The highest BCUT2D eigenvalue weighted by atomic mass is 16.3. The van der Waals surface area contributed by atoms with E-state index in [9.17, 15) is 29.4 Å². The summed E-state index contributed by atoms with van der Waals surface area (Å²) in [5.41, 5.74) is 12.9. The largest absolute Gasteiger partial charge is 0.391 e. The minimum absolute atomic E-state index is 0.0782. The number of fused-ring (bicyclic) bond motifs is 2. The van der Waals surface area contributed by atoms with Gasteiger partial charge in [-0.25, -0.2) is 0 Å². The number of rotatable bonds is 10. The van der Waals surface area contributed by atoms with Crippen LogP contribution in [0.4, 0.5) is 0 Å². The Morgan fingerprint density at radius 2 is 1.82 bits per heavy atom. The van der Waals surface area contributed by atoms with Crippen LogP contribution in [0.5, 0.6) is 0 Å². The van der Waals surface area contributed by atoms with Gasteiger partial charge in [-0.3, -0.25) is 19.2 Å². The molecule has 212 valence electrons. The number of amides is 4. The zero-order chi connectivity index (χ0) is 28.4. The van der Waals surface area contributed by atoms with Gasteiger partial charge in [0.1, 0.15) is 24.2 Å². The number of para-hydroxylation sites is 1. The highest BCUT2D eigenvalue weighted by molar-refractivity contribution is 5.96. The van der Waals surface area contributed by atoms with Crippen molar-refractivity contribution in [1.82, 2.24) is 20.5 Å². The molecule has 2 aromatic rings. The van der Waals surface area contributed by atoms with E-state index < -0.39 is 60.0 Å². The Balaban J connectivity index is 1.62. The predicted octanol–water partition coefficient (Wildman–Crippen LogP) is -1.12. The summed E-state index contributed by atoms with van der Waals surface area (Å²) in [5, 5.41) is 26.0. The van der Waals surface area contributed by atoms with Crippen molar-refractivity contribution in [3.63, 3.8) is 0 Å². The first-order valence-corrected chi connectivity index (χ1v) is 13.4. The summed E-state index contributed by atoms with van der Waals surface area (Å²) in [7, 11) is 0. The summed E-state index contributed by atoms with van der Waals surface area (Å²) >= 11 is 0. The number of aliphatic hydroxyl groups is 2. The molecular weight excluding hydrogens is 504 g/mol. The molecule has 8 atom stereocenters. The Kier molecular flexibility index (Phi) is 8.57. The lowest BCUT2D eigenvalue weighted by Gasteiger charge is -2.31. The van der Waals surface area contributed by atoms with Gasteiger partial charge < -0.3 is 42.2 Å². The number of primary amides is 1. The van der Waals surface area contributed by atoms with Crippen LogP contribution in [-0.4, -0.2) is 86.6 Å². The minimum atomic E-state index is -1.35. The third-order valence-electron chi connectivity index (χ3n) is 8.07. The van der Waals surface area contributed by atoms with Crippen molar-refractivity contribution in [1.29, 1.82) is 0 Å². The highest BCUT2D eigenvalue weighted by Gasteiger charge is 2.50. The van der Waals surface area contributed by atoms with Crippen LogP contribution in [0.25, 0.3) is 10.9 Å². The fourth-order valence-corrected chi connectivity index (χ4v) is 5.94. The molecule has 0 unspecified atom stereocenters. The standard InChI is InChI=1S/C27H38N6O6/c1-13(34)21(28)27(39)33-12-15-6-5-8-18(15)23(33)26(38)31-20(25(37)32-22(14(2)35)24(29)36)10-16-11-30-19-9-4-3-7-17(16)19/h3-4,7,9,11,13-15,18,20-23,30,34-35H,5-6,8,10,12,28H2,1-2H3,(H2,29,36)(H,31,38)(H,32,37)/t13-,14-,15+,18+,20+,21+,22+,23+/m1/s1. The van der Waals surface area contributed by atoms with E-state index in [4.69, 9.17) is 11.5 Å². The van der Waals surface area contributed by atoms with E-state index in [1.54, 1.807) is 6.20 Å². The van der Waals surface area contributed by atoms with Crippen molar-refractivity contribution in [3.05, 3.63) is 36.0 Å². The second kappa shape index (κ2) is 11.7. The Labute approximate surface area is 226 Å². The average molecular weight is 543 g/mol. The quantitative estimate of drug-likeness (QED) is 0.197. The van der Waals surface area contributed by atoms with Gasteiger partial charge in [-0.15, -0.1) is 0 Å². The van der Waals surface area contributed by atoms with E-state index in [1.807, 2.05) is 24.3 Å². The molecule has 2 heterocycles. The van der Waals surface area contributed by atoms with E-state index in [-0.39, 0.29) is 18.3 Å². The molecule has 9 N–H and O–H groups in total. The molecule has 12 heteroatoms. The first-order chi connectivity index (χ1) is 18.5. The Morgan fingerprint density at radius 3 is 2.49 bits per heavy atom. The number of aromatic nitrogens is 1. The van der Waals surface area contributed by atoms with Crippen LogP contribution in [0.1, 0.15) is 38.7 Å². The van der Waals surface area contributed by atoms with Crippen molar-refractivity contribution >= 4 is 34.5 Å². The molecule has 0 radical (unpaired) electrons. The second-order valence-electron chi connectivity index (χ2n) is 10.8. The molecule has 1 aromatic heterocycles. The third kappa shape index (κ3) is 5.92. The van der Waals surface area contributed by atoms with Crippen molar-refractivity contribution in [3.8, 4) is 0 Å². The summed E-state index contributed by atoms with van der Waals surface area (Å²) in [6, 6.07) is 2.99. The van der Waals surface area contributed by atoms with E-state index >= 15 is 0 Å². The predicted molar refractivity (Wildman–Crippen MR) is 143 cm³/mol. The fraction of sp³-hybridized carbons (Fsp3) is 0.556. The normalized spacial score (nSPS) is 24.4. The number of carbonyl (C=O) groups is 4. The van der Waals surface area contributed by atoms with Gasteiger partial charge in [0.2, 0.25) is 23.6 Å². The van der Waals surface area contributed by atoms with Crippen molar-refractivity contribution in [2.45, 2.75) is 75.9 Å². The first kappa shape index (κ1) is 28.5. The maximum Gasteiger partial charge on any atom is 0.243 e. The lowest BCUT2D eigenvalue weighted by molar-refractivity contribution is -0.143. The molecule has 12 nitrogen and oxygen atoms in total. The number of benzene rings is 1. The Hall–Kier alpha value is -3.48. The Morgan fingerprint density at radius 1 is 1.10 bits per heavy atom. The SMILES string of the molecule is C[C@@H](O)[C@H](N)C(=O)N1C[C@@H]2CCC[C@@H]2[C@H]1C(=O)N[C@@H](Cc1c[nH]c2ccccc12)C(=O)N[C@H](C(N)=O)[C@@H](C)O. The molecule has 0 bridgehead atoms. The summed E-state index contributed by atoms with van der Waals surface area (Å²) in [6.45, 7) is 3.11. The first-order valence-electron chi connectivity index (χ1n) is 13.4. The van der Waals surface area contributed by atoms with Gasteiger partial charge in [0.05, 0.1) is 12.2 Å². The minimum Gasteiger partial charge on any atom is -0.391 e. The van der Waals surface area contributed by atoms with Gasteiger partial charge in [0.15, 0.2) is 0 Å². The van der Waals surface area contributed by atoms with Crippen LogP contribution in [-0.2, 0) is 25.6 Å². The molecule has 1 aromatic carbocycles. The van der Waals surface area contributed by atoms with Crippen molar-refractivity contribution < 1.29 is 29.4 Å². The molecule has 1 aliphatic heterocycles. The highest BCUT2D eigenvalue weighted by Crippen LogP contribution is 2.42. The van der Waals surface area contributed by atoms with Crippen LogP contribution in [0.3, 0.4) is 0 Å². The number of hydrogen-bond donors (Lipinski definition) is 7. The molecule has 1 aliphatic carbocycles. The summed E-state index contributed by atoms with van der Waals surface area (Å²) in [5.74, 6) is -2.60. The number of aromatic amines is 1. The molecule has 1 saturated carbocycles. The number of nitrogens with two attached hydrogens (primary N) is 2. The molecule has 2 fully saturated rings. The van der Waals surface area contributed by atoms with Crippen LogP contribution < -0.4 is 22.1 Å². The molecule has 39 heavy (non-hydrogen) atoms. The van der Waals surface area contributed by atoms with E-state index in [0.717, 1.165) is 35.7 Å². The van der Waals surface area contributed by atoms with Gasteiger partial charge in [-0.2, -0.15) is 0 Å². The Bertz CT molecular complexity index is 1230. The van der Waals surface area contributed by atoms with Gasteiger partial charge in [-0.05, 0) is 50.2 Å². The van der Waals surface area contributed by atoms with E-state index in [0.29, 0.717) is 6.54 Å². The topological polar surface area (TPSA) is 204 Å². The number of carbonyl (C=O) groups excluding carboxylic acids is 4. The number of nitrogens with one attached hydrogen (secondary N) is 3. The maximum atomic E-state index is 13.8. The maximum absolute atomic E-state index is 13.8. The van der Waals surface area contributed by atoms with Crippen molar-refractivity contribution in [2.24, 2.45) is 23.3 Å². The van der Waals surface area contributed by atoms with Crippen LogP contribution in [0.15, 0.2) is 30.5 Å². The summed E-state index contributed by atoms with van der Waals surface area (Å²) in [4.78, 5) is 56.8. The zero-order valence-corrected chi connectivity index (χ0v) is 22.2. The van der Waals surface area contributed by atoms with E-state index in [2.05, 4.69) is 15.6 Å². The van der Waals surface area contributed by atoms with Gasteiger partial charge in [0.25, 0.3) is 0 Å². The van der Waals surface area contributed by atoms with Crippen molar-refractivity contribution in [2.75, 3.05) is 6.54 Å². The van der Waals surface area contributed by atoms with Crippen LogP contribution in [0, 0.1) is 11.8 Å². The molecule has 4 rings (SSSR count). The number of hydrogen-bond acceptors (Lipinski definition) is 7. The number of nitrogens with zero attached hydrogens (tertiary/aromatic N) is 1. The molecular formula is C27H38N6O6. The number of aliphatic hydroxyl groups excluding tert-OH is 2. The van der Waals surface area contributed by atoms with Crippen LogP contribution >= 0.6 is 0 Å². The smallest absolute Gasteiger partial charge is 0.243 e. The zero-order valence-electron chi connectivity index (χ0n) is 22.2. The van der Waals surface area contributed by atoms with E-state index in [1.165, 1.54) is 18.7 Å². The fourth-order valence-electron chi connectivity index (χ4n) is 5.94. The summed E-state index contributed by atoms with van der Waals surface area (Å²) < 4.78 is 0. The molecule has 4 amide bonds. The van der Waals surface area contributed by atoms with Crippen LogP contribution in [0.2, 0.25) is 0 Å². The lowest BCUT2D eigenvalue weighted by atomic mass is 9.93. The number of likely N-dealkylation sites (tertiary alicyclic amines) is 1. The van der Waals surface area contributed by atoms with Gasteiger partial charge in [0, 0.05) is 30.1 Å². The second-order valence-corrected chi connectivity index (χ2v) is 10.8. The molecule has 1 saturated heterocycles. The number of H-pyrrole nitrogens is 1. The summed E-state index contributed by atoms with van der Waals surface area (Å²) in [6.07, 6.45) is 2.04. The monoisotopic (exact) mass is 542 g/mol. The third-order valence-corrected chi connectivity index (χ3v) is 8.07. The van der Waals surface area contributed by atoms with Gasteiger partial charge >= 0.3 is 0 Å². The lowest BCUT2D eigenvalue weighted by Crippen LogP contribution is -2.60. The molecule has 2 aliphatic rings.